The zero-order valence-electron chi connectivity index (χ0n) is 9.76. The third kappa shape index (κ3) is 3.76. The SMILES string of the molecule is CCOC(=O)/C(C)=N/Nc1cc(F)c(F)cc1Br. The number of hydrogen-bond donors (Lipinski definition) is 1. The van der Waals surface area contributed by atoms with Crippen molar-refractivity contribution in [3.63, 3.8) is 0 Å². The van der Waals surface area contributed by atoms with E-state index < -0.39 is 17.6 Å². The summed E-state index contributed by atoms with van der Waals surface area (Å²) in [6.07, 6.45) is 0. The molecule has 18 heavy (non-hydrogen) atoms. The first-order valence-electron chi connectivity index (χ1n) is 5.07. The fraction of sp³-hybridized carbons (Fsp3) is 0.273. The van der Waals surface area contributed by atoms with E-state index in [1.807, 2.05) is 0 Å². The number of esters is 1. The van der Waals surface area contributed by atoms with Gasteiger partial charge >= 0.3 is 5.97 Å². The average molecular weight is 321 g/mol. The number of ether oxygens (including phenoxy) is 1. The van der Waals surface area contributed by atoms with Gasteiger partial charge in [0.05, 0.1) is 12.3 Å². The Morgan fingerprint density at radius 1 is 1.44 bits per heavy atom. The van der Waals surface area contributed by atoms with E-state index in [-0.39, 0.29) is 18.0 Å². The molecule has 98 valence electrons. The normalized spacial score (nSPS) is 11.3. The molecule has 7 heteroatoms. The molecule has 0 unspecified atom stereocenters. The second-order valence-electron chi connectivity index (χ2n) is 3.28. The van der Waals surface area contributed by atoms with E-state index in [0.717, 1.165) is 12.1 Å². The largest absolute Gasteiger partial charge is 0.461 e. The van der Waals surface area contributed by atoms with Gasteiger partial charge in [-0.1, -0.05) is 0 Å². The van der Waals surface area contributed by atoms with Crippen LogP contribution in [0.4, 0.5) is 14.5 Å². The minimum atomic E-state index is -1.01. The van der Waals surface area contributed by atoms with Crippen LogP contribution in [0, 0.1) is 11.6 Å². The number of anilines is 1. The molecule has 0 radical (unpaired) electrons. The maximum atomic E-state index is 13.0. The van der Waals surface area contributed by atoms with Crippen LogP contribution in [0.15, 0.2) is 21.7 Å². The molecule has 4 nitrogen and oxygen atoms in total. The van der Waals surface area contributed by atoms with Crippen LogP contribution in [0.25, 0.3) is 0 Å². The molecule has 0 heterocycles. The molecule has 0 spiro atoms. The van der Waals surface area contributed by atoms with Gasteiger partial charge in [-0.2, -0.15) is 5.10 Å². The van der Waals surface area contributed by atoms with Crippen LogP contribution in [0.3, 0.4) is 0 Å². The predicted molar refractivity (Wildman–Crippen MR) is 67.4 cm³/mol. The number of rotatable bonds is 4. The molecule has 1 aromatic carbocycles. The number of benzene rings is 1. The summed E-state index contributed by atoms with van der Waals surface area (Å²) >= 11 is 3.04. The summed E-state index contributed by atoms with van der Waals surface area (Å²) in [6, 6.07) is 1.90. The van der Waals surface area contributed by atoms with Crippen molar-refractivity contribution >= 4 is 33.3 Å². The van der Waals surface area contributed by atoms with Crippen molar-refractivity contribution in [2.75, 3.05) is 12.0 Å². The summed E-state index contributed by atoms with van der Waals surface area (Å²) in [5.74, 6) is -2.56. The Kier molecular flexibility index (Phi) is 5.21. The fourth-order valence-corrected chi connectivity index (χ4v) is 1.44. The first-order valence-corrected chi connectivity index (χ1v) is 5.87. The highest BCUT2D eigenvalue weighted by Gasteiger charge is 2.09. The number of nitrogens with one attached hydrogen (secondary N) is 1. The Hall–Kier alpha value is -1.50. The molecule has 0 saturated carbocycles. The minimum absolute atomic E-state index is 0.0773. The van der Waals surface area contributed by atoms with Crippen LogP contribution in [-0.2, 0) is 9.53 Å². The van der Waals surface area contributed by atoms with Gasteiger partial charge < -0.3 is 4.74 Å². The van der Waals surface area contributed by atoms with Gasteiger partial charge in [-0.3, -0.25) is 5.43 Å². The summed E-state index contributed by atoms with van der Waals surface area (Å²) in [4.78, 5) is 11.2. The van der Waals surface area contributed by atoms with Crippen LogP contribution >= 0.6 is 15.9 Å². The summed E-state index contributed by atoms with van der Waals surface area (Å²) in [7, 11) is 0. The number of nitrogens with zero attached hydrogens (tertiary/aromatic N) is 1. The average Bonchev–Trinajstić information content (AvgIpc) is 2.32. The molecule has 0 amide bonds. The van der Waals surface area contributed by atoms with Crippen molar-refractivity contribution in [1.82, 2.24) is 0 Å². The highest BCUT2D eigenvalue weighted by Crippen LogP contribution is 2.25. The summed E-state index contributed by atoms with van der Waals surface area (Å²) in [6.45, 7) is 3.35. The van der Waals surface area contributed by atoms with Crippen LogP contribution < -0.4 is 5.43 Å². The van der Waals surface area contributed by atoms with E-state index in [1.54, 1.807) is 6.92 Å². The molecule has 0 aliphatic heterocycles. The Labute approximate surface area is 111 Å². The molecular formula is C11H11BrF2N2O2. The molecule has 1 N–H and O–H groups in total. The Morgan fingerprint density at radius 3 is 2.67 bits per heavy atom. The maximum absolute atomic E-state index is 13.0. The molecule has 0 atom stereocenters. The zero-order chi connectivity index (χ0) is 13.7. The molecule has 0 fully saturated rings. The van der Waals surface area contributed by atoms with E-state index in [2.05, 4.69) is 26.5 Å². The summed E-state index contributed by atoms with van der Waals surface area (Å²) < 4.78 is 30.8. The second kappa shape index (κ2) is 6.44. The Balaban J connectivity index is 2.83. The van der Waals surface area contributed by atoms with Crippen molar-refractivity contribution < 1.29 is 18.3 Å². The molecule has 0 aliphatic rings. The van der Waals surface area contributed by atoms with Crippen molar-refractivity contribution in [3.05, 3.63) is 28.2 Å². The number of carbonyl (C=O) groups excluding carboxylic acids is 1. The Morgan fingerprint density at radius 2 is 2.06 bits per heavy atom. The molecule has 1 aromatic rings. The van der Waals surface area contributed by atoms with Crippen LogP contribution in [0.1, 0.15) is 13.8 Å². The second-order valence-corrected chi connectivity index (χ2v) is 4.13. The molecule has 0 aromatic heterocycles. The van der Waals surface area contributed by atoms with Gasteiger partial charge in [-0.15, -0.1) is 0 Å². The number of hydrazone groups is 1. The van der Waals surface area contributed by atoms with E-state index >= 15 is 0 Å². The maximum Gasteiger partial charge on any atom is 0.354 e. The Bertz CT molecular complexity index is 492. The first kappa shape index (κ1) is 14.6. The number of hydrogen-bond acceptors (Lipinski definition) is 4. The third-order valence-corrected chi connectivity index (χ3v) is 2.58. The number of halogens is 3. The van der Waals surface area contributed by atoms with Crippen molar-refractivity contribution in [2.24, 2.45) is 5.10 Å². The van der Waals surface area contributed by atoms with Crippen LogP contribution in [-0.4, -0.2) is 18.3 Å². The van der Waals surface area contributed by atoms with Gasteiger partial charge in [-0.25, -0.2) is 13.6 Å². The number of carbonyl (C=O) groups is 1. The van der Waals surface area contributed by atoms with E-state index in [0.29, 0.717) is 4.47 Å². The van der Waals surface area contributed by atoms with Crippen molar-refractivity contribution in [1.29, 1.82) is 0 Å². The van der Waals surface area contributed by atoms with Gasteiger partial charge in [0.15, 0.2) is 11.6 Å². The smallest absolute Gasteiger partial charge is 0.354 e. The van der Waals surface area contributed by atoms with Crippen LogP contribution in [0.5, 0.6) is 0 Å². The predicted octanol–water partition coefficient (Wildman–Crippen LogP) is 3.08. The van der Waals surface area contributed by atoms with Gasteiger partial charge in [0.1, 0.15) is 5.71 Å². The van der Waals surface area contributed by atoms with E-state index in [9.17, 15) is 13.6 Å². The fourth-order valence-electron chi connectivity index (χ4n) is 1.03. The lowest BCUT2D eigenvalue weighted by Crippen LogP contribution is -2.15. The topological polar surface area (TPSA) is 50.7 Å². The minimum Gasteiger partial charge on any atom is -0.461 e. The van der Waals surface area contributed by atoms with Crippen molar-refractivity contribution in [2.45, 2.75) is 13.8 Å². The lowest BCUT2D eigenvalue weighted by atomic mass is 10.3. The zero-order valence-corrected chi connectivity index (χ0v) is 11.3. The van der Waals surface area contributed by atoms with E-state index in [4.69, 9.17) is 4.74 Å². The summed E-state index contributed by atoms with van der Waals surface area (Å²) in [5, 5.41) is 3.72. The van der Waals surface area contributed by atoms with E-state index in [1.165, 1.54) is 6.92 Å². The monoisotopic (exact) mass is 320 g/mol. The molecular weight excluding hydrogens is 310 g/mol. The highest BCUT2D eigenvalue weighted by atomic mass is 79.9. The quantitative estimate of drug-likeness (QED) is 0.401. The lowest BCUT2D eigenvalue weighted by Gasteiger charge is -2.06. The molecule has 0 bridgehead atoms. The molecule has 1 rings (SSSR count). The van der Waals surface area contributed by atoms with Gasteiger partial charge in [0, 0.05) is 10.5 Å². The standard InChI is InChI=1S/C11H11BrF2N2O2/c1-3-18-11(17)6(2)15-16-10-5-9(14)8(13)4-7(10)12/h4-5,16H,3H2,1-2H3/b15-6+. The van der Waals surface area contributed by atoms with Crippen LogP contribution in [0.2, 0.25) is 0 Å². The van der Waals surface area contributed by atoms with Gasteiger partial charge in [0.25, 0.3) is 0 Å². The third-order valence-electron chi connectivity index (χ3n) is 1.92. The van der Waals surface area contributed by atoms with Gasteiger partial charge in [-0.05, 0) is 35.8 Å². The van der Waals surface area contributed by atoms with Crippen molar-refractivity contribution in [3.8, 4) is 0 Å². The van der Waals surface area contributed by atoms with Gasteiger partial charge in [0.2, 0.25) is 0 Å². The molecule has 0 aliphatic carbocycles. The lowest BCUT2D eigenvalue weighted by molar-refractivity contribution is -0.135. The molecule has 0 saturated heterocycles. The summed E-state index contributed by atoms with van der Waals surface area (Å²) in [5.41, 5.74) is 2.74. The highest BCUT2D eigenvalue weighted by molar-refractivity contribution is 9.10. The first-order chi connectivity index (χ1) is 8.45.